The normalized spacial score (nSPS) is 14.0. The van der Waals surface area contributed by atoms with Crippen LogP contribution in [0.3, 0.4) is 0 Å². The number of hydrogen-bond acceptors (Lipinski definition) is 2. The van der Waals surface area contributed by atoms with Gasteiger partial charge in [0, 0.05) is 6.04 Å². The molecule has 3 heteroatoms. The minimum atomic E-state index is 0.0548. The molecule has 0 saturated carbocycles. The van der Waals surface area contributed by atoms with Crippen molar-refractivity contribution in [3.8, 4) is 5.75 Å². The highest BCUT2D eigenvalue weighted by Gasteiger charge is 2.29. The second kappa shape index (κ2) is 7.23. The first-order valence-electron chi connectivity index (χ1n) is 8.12. The SMILES string of the molecule is CCC(N)Cc1cc(C(C)(C)CC(C)(C)C)cc(Cl)c1OC. The molecule has 126 valence electrons. The Bertz CT molecular complexity index is 503. The summed E-state index contributed by atoms with van der Waals surface area (Å²) in [7, 11) is 1.67. The lowest BCUT2D eigenvalue weighted by Gasteiger charge is -2.33. The van der Waals surface area contributed by atoms with Gasteiger partial charge in [-0.2, -0.15) is 0 Å². The van der Waals surface area contributed by atoms with E-state index < -0.39 is 0 Å². The fraction of sp³-hybridized carbons (Fsp3) is 0.684. The summed E-state index contributed by atoms with van der Waals surface area (Å²) in [6, 6.07) is 4.41. The molecule has 0 aromatic heterocycles. The van der Waals surface area contributed by atoms with Crippen molar-refractivity contribution < 1.29 is 4.74 Å². The molecule has 0 saturated heterocycles. The van der Waals surface area contributed by atoms with E-state index in [4.69, 9.17) is 22.1 Å². The lowest BCUT2D eigenvalue weighted by Crippen LogP contribution is -2.26. The smallest absolute Gasteiger partial charge is 0.140 e. The van der Waals surface area contributed by atoms with Crippen LogP contribution in [0.1, 0.15) is 65.5 Å². The van der Waals surface area contributed by atoms with Crippen molar-refractivity contribution >= 4 is 11.6 Å². The zero-order valence-electron chi connectivity index (χ0n) is 15.2. The van der Waals surface area contributed by atoms with Gasteiger partial charge in [-0.3, -0.25) is 0 Å². The molecule has 0 fully saturated rings. The van der Waals surface area contributed by atoms with Crippen molar-refractivity contribution in [2.75, 3.05) is 7.11 Å². The summed E-state index contributed by atoms with van der Waals surface area (Å²) >= 11 is 6.47. The Balaban J connectivity index is 3.27. The second-order valence-corrected chi connectivity index (χ2v) is 8.55. The Kier molecular flexibility index (Phi) is 6.35. The Labute approximate surface area is 141 Å². The van der Waals surface area contributed by atoms with Gasteiger partial charge in [-0.1, -0.05) is 59.2 Å². The van der Waals surface area contributed by atoms with E-state index in [1.807, 2.05) is 6.07 Å². The molecule has 0 aliphatic carbocycles. The van der Waals surface area contributed by atoms with Gasteiger partial charge >= 0.3 is 0 Å². The standard InChI is InChI=1S/C19H32ClNO/c1-8-15(21)10-13-9-14(11-16(20)17(13)22-7)19(5,6)12-18(2,3)4/h9,11,15H,8,10,12,21H2,1-7H3. The first-order chi connectivity index (χ1) is 10.00. The molecule has 0 heterocycles. The Morgan fingerprint density at radius 2 is 1.77 bits per heavy atom. The third-order valence-corrected chi connectivity index (χ3v) is 4.37. The number of ether oxygens (including phenoxy) is 1. The van der Waals surface area contributed by atoms with Crippen LogP contribution in [0.5, 0.6) is 5.75 Å². The van der Waals surface area contributed by atoms with E-state index in [0.717, 1.165) is 30.6 Å². The topological polar surface area (TPSA) is 35.2 Å². The quantitative estimate of drug-likeness (QED) is 0.766. The molecular weight excluding hydrogens is 294 g/mol. The number of rotatable bonds is 6. The molecule has 1 unspecified atom stereocenters. The van der Waals surface area contributed by atoms with E-state index >= 15 is 0 Å². The van der Waals surface area contributed by atoms with Crippen molar-refractivity contribution in [1.82, 2.24) is 0 Å². The van der Waals surface area contributed by atoms with E-state index in [9.17, 15) is 0 Å². The number of nitrogens with two attached hydrogens (primary N) is 1. The highest BCUT2D eigenvalue weighted by molar-refractivity contribution is 6.32. The summed E-state index contributed by atoms with van der Waals surface area (Å²) in [4.78, 5) is 0. The molecule has 1 aromatic rings. The molecular formula is C19H32ClNO. The average molecular weight is 326 g/mol. The maximum absolute atomic E-state index is 6.47. The summed E-state index contributed by atoms with van der Waals surface area (Å²) in [5.41, 5.74) is 8.82. The maximum Gasteiger partial charge on any atom is 0.140 e. The van der Waals surface area contributed by atoms with Gasteiger partial charge in [0.2, 0.25) is 0 Å². The van der Waals surface area contributed by atoms with Gasteiger partial charge in [0.25, 0.3) is 0 Å². The van der Waals surface area contributed by atoms with Gasteiger partial charge in [-0.25, -0.2) is 0 Å². The Morgan fingerprint density at radius 1 is 1.18 bits per heavy atom. The highest BCUT2D eigenvalue weighted by Crippen LogP contribution is 2.40. The van der Waals surface area contributed by atoms with E-state index in [1.54, 1.807) is 7.11 Å². The van der Waals surface area contributed by atoms with Crippen molar-refractivity contribution in [3.05, 3.63) is 28.3 Å². The molecule has 1 atom stereocenters. The molecule has 0 radical (unpaired) electrons. The van der Waals surface area contributed by atoms with E-state index in [2.05, 4.69) is 47.6 Å². The summed E-state index contributed by atoms with van der Waals surface area (Å²) in [5.74, 6) is 0.765. The third-order valence-electron chi connectivity index (χ3n) is 4.08. The van der Waals surface area contributed by atoms with Crippen molar-refractivity contribution in [1.29, 1.82) is 0 Å². The van der Waals surface area contributed by atoms with Crippen LogP contribution >= 0.6 is 11.6 Å². The van der Waals surface area contributed by atoms with Crippen LogP contribution in [0.25, 0.3) is 0 Å². The molecule has 2 N–H and O–H groups in total. The summed E-state index contributed by atoms with van der Waals surface area (Å²) in [5, 5.41) is 0.681. The van der Waals surface area contributed by atoms with Crippen LogP contribution in [0.2, 0.25) is 5.02 Å². The van der Waals surface area contributed by atoms with Gasteiger partial charge in [-0.05, 0) is 47.3 Å². The molecule has 0 aliphatic heterocycles. The van der Waals surface area contributed by atoms with Crippen LogP contribution < -0.4 is 10.5 Å². The predicted octanol–water partition coefficient (Wildman–Crippen LogP) is 5.34. The summed E-state index contributed by atoms with van der Waals surface area (Å²) in [6.07, 6.45) is 2.82. The minimum Gasteiger partial charge on any atom is -0.495 e. The van der Waals surface area contributed by atoms with Crippen LogP contribution in [-0.4, -0.2) is 13.2 Å². The van der Waals surface area contributed by atoms with Gasteiger partial charge in [0.1, 0.15) is 5.75 Å². The predicted molar refractivity (Wildman–Crippen MR) is 97.1 cm³/mol. The number of halogens is 1. The van der Waals surface area contributed by atoms with Gasteiger partial charge in [0.15, 0.2) is 0 Å². The van der Waals surface area contributed by atoms with Crippen LogP contribution in [0, 0.1) is 5.41 Å². The molecule has 0 bridgehead atoms. The number of hydrogen-bond donors (Lipinski definition) is 1. The minimum absolute atomic E-state index is 0.0548. The zero-order chi connectivity index (χ0) is 17.1. The molecule has 0 amide bonds. The summed E-state index contributed by atoms with van der Waals surface area (Å²) < 4.78 is 5.50. The van der Waals surface area contributed by atoms with Crippen molar-refractivity contribution in [2.24, 2.45) is 11.1 Å². The molecule has 22 heavy (non-hydrogen) atoms. The largest absolute Gasteiger partial charge is 0.495 e. The lowest BCUT2D eigenvalue weighted by atomic mass is 9.72. The fourth-order valence-electron chi connectivity index (χ4n) is 3.28. The van der Waals surface area contributed by atoms with Gasteiger partial charge < -0.3 is 10.5 Å². The van der Waals surface area contributed by atoms with Crippen LogP contribution in [-0.2, 0) is 11.8 Å². The first-order valence-corrected chi connectivity index (χ1v) is 8.50. The molecule has 2 nitrogen and oxygen atoms in total. The van der Waals surface area contributed by atoms with Crippen molar-refractivity contribution in [2.45, 2.75) is 72.3 Å². The Hall–Kier alpha value is -0.730. The van der Waals surface area contributed by atoms with Gasteiger partial charge in [0.05, 0.1) is 12.1 Å². The molecule has 1 aromatic carbocycles. The van der Waals surface area contributed by atoms with Crippen LogP contribution in [0.4, 0.5) is 0 Å². The first kappa shape index (κ1) is 19.3. The van der Waals surface area contributed by atoms with Crippen LogP contribution in [0.15, 0.2) is 12.1 Å². The zero-order valence-corrected chi connectivity index (χ0v) is 16.0. The lowest BCUT2D eigenvalue weighted by molar-refractivity contribution is 0.283. The molecule has 0 aliphatic rings. The monoisotopic (exact) mass is 325 g/mol. The third kappa shape index (κ3) is 5.17. The molecule has 1 rings (SSSR count). The number of methoxy groups -OCH3 is 1. The number of benzene rings is 1. The summed E-state index contributed by atoms with van der Waals surface area (Å²) in [6.45, 7) is 13.5. The van der Waals surface area contributed by atoms with E-state index in [0.29, 0.717) is 5.02 Å². The van der Waals surface area contributed by atoms with E-state index in [-0.39, 0.29) is 16.9 Å². The highest BCUT2D eigenvalue weighted by atomic mass is 35.5. The average Bonchev–Trinajstić information content (AvgIpc) is 2.35. The van der Waals surface area contributed by atoms with Gasteiger partial charge in [-0.15, -0.1) is 0 Å². The maximum atomic E-state index is 6.47. The Morgan fingerprint density at radius 3 is 2.23 bits per heavy atom. The second-order valence-electron chi connectivity index (χ2n) is 8.14. The molecule has 0 spiro atoms. The fourth-order valence-corrected chi connectivity index (χ4v) is 3.59. The van der Waals surface area contributed by atoms with E-state index in [1.165, 1.54) is 5.56 Å². The van der Waals surface area contributed by atoms with Crippen molar-refractivity contribution in [3.63, 3.8) is 0 Å².